The Kier molecular flexibility index (Phi) is 5.69. The Bertz CT molecular complexity index is 1180. The summed E-state index contributed by atoms with van der Waals surface area (Å²) in [6.45, 7) is 5.85. The maximum Gasteiger partial charge on any atom is 0.350 e. The van der Waals surface area contributed by atoms with E-state index in [0.29, 0.717) is 22.9 Å². The molecule has 4 rings (SSSR count). The van der Waals surface area contributed by atoms with E-state index in [2.05, 4.69) is 28.8 Å². The molecule has 0 saturated heterocycles. The average Bonchev–Trinajstić information content (AvgIpc) is 2.97. The Morgan fingerprint density at radius 1 is 1.13 bits per heavy atom. The number of aryl methyl sites for hydroxylation is 1. The van der Waals surface area contributed by atoms with Gasteiger partial charge >= 0.3 is 5.69 Å². The third-order valence-corrected chi connectivity index (χ3v) is 5.27. The molecule has 0 N–H and O–H groups in total. The van der Waals surface area contributed by atoms with Gasteiger partial charge in [0.2, 0.25) is 5.91 Å². The Balaban J connectivity index is 1.94. The van der Waals surface area contributed by atoms with E-state index in [1.165, 1.54) is 32.3 Å². The van der Waals surface area contributed by atoms with E-state index < -0.39 is 5.82 Å². The van der Waals surface area contributed by atoms with Gasteiger partial charge in [0.25, 0.3) is 0 Å². The number of halogens is 1. The van der Waals surface area contributed by atoms with Crippen LogP contribution in [0.4, 0.5) is 15.9 Å². The molecular weight excluding hydrogens is 399 g/mol. The van der Waals surface area contributed by atoms with Gasteiger partial charge < -0.3 is 0 Å². The predicted octanol–water partition coefficient (Wildman–Crippen LogP) is 2.87. The van der Waals surface area contributed by atoms with E-state index in [1.54, 1.807) is 25.4 Å². The molecule has 0 spiro atoms. The van der Waals surface area contributed by atoms with E-state index in [-0.39, 0.29) is 23.8 Å². The van der Waals surface area contributed by atoms with E-state index in [9.17, 15) is 14.0 Å². The normalized spacial score (nSPS) is 12.4. The van der Waals surface area contributed by atoms with Crippen molar-refractivity contribution in [1.29, 1.82) is 0 Å². The minimum absolute atomic E-state index is 0.161. The minimum atomic E-state index is -0.506. The second-order valence-electron chi connectivity index (χ2n) is 7.58. The highest BCUT2D eigenvalue weighted by molar-refractivity contribution is 6.06. The molecule has 31 heavy (non-hydrogen) atoms. The number of aromatic nitrogens is 4. The van der Waals surface area contributed by atoms with Crippen LogP contribution in [0.25, 0.3) is 17.1 Å². The van der Waals surface area contributed by atoms with Gasteiger partial charge in [-0.15, -0.1) is 5.10 Å². The summed E-state index contributed by atoms with van der Waals surface area (Å²) in [5.41, 5.74) is 0.804. The predicted molar refractivity (Wildman–Crippen MR) is 116 cm³/mol. The van der Waals surface area contributed by atoms with Crippen molar-refractivity contribution < 1.29 is 9.18 Å². The second kappa shape index (κ2) is 8.43. The van der Waals surface area contributed by atoms with Crippen LogP contribution in [-0.4, -0.2) is 49.8 Å². The molecule has 3 heterocycles. The molecule has 1 aromatic carbocycles. The molecule has 1 aliphatic heterocycles. The Hall–Kier alpha value is -3.33. The minimum Gasteiger partial charge on any atom is -0.295 e. The number of carbonyl (C=O) groups excluding carboxylic acids is 1. The monoisotopic (exact) mass is 424 g/mol. The Morgan fingerprint density at radius 3 is 2.58 bits per heavy atom. The molecule has 162 valence electrons. The van der Waals surface area contributed by atoms with Crippen molar-refractivity contribution in [3.05, 3.63) is 52.8 Å². The third-order valence-electron chi connectivity index (χ3n) is 5.27. The molecule has 0 fully saturated rings. The second-order valence-corrected chi connectivity index (χ2v) is 7.58. The lowest BCUT2D eigenvalue weighted by Gasteiger charge is -2.27. The lowest BCUT2D eigenvalue weighted by molar-refractivity contribution is -0.119. The molecule has 0 bridgehead atoms. The van der Waals surface area contributed by atoms with Crippen LogP contribution < -0.4 is 10.6 Å². The van der Waals surface area contributed by atoms with Crippen molar-refractivity contribution in [1.82, 2.24) is 24.2 Å². The number of pyridine rings is 1. The van der Waals surface area contributed by atoms with Crippen LogP contribution >= 0.6 is 0 Å². The van der Waals surface area contributed by atoms with Gasteiger partial charge in [-0.3, -0.25) is 14.6 Å². The number of anilines is 2. The van der Waals surface area contributed by atoms with Crippen molar-refractivity contribution in [3.8, 4) is 17.1 Å². The van der Waals surface area contributed by atoms with Gasteiger partial charge in [0, 0.05) is 19.3 Å². The van der Waals surface area contributed by atoms with Gasteiger partial charge in [-0.25, -0.2) is 23.4 Å². The van der Waals surface area contributed by atoms with Gasteiger partial charge in [0.1, 0.15) is 5.82 Å². The molecular formula is C22H25FN6O2. The first kappa shape index (κ1) is 20.9. The highest BCUT2D eigenvalue weighted by atomic mass is 19.1. The first-order valence-electron chi connectivity index (χ1n) is 10.4. The van der Waals surface area contributed by atoms with E-state index in [4.69, 9.17) is 0 Å². The quantitative estimate of drug-likeness (QED) is 0.608. The molecule has 0 saturated carbocycles. The SMILES string of the molecule is CCCN(CCC)CC(=O)N1c2cc(F)ccc2-n2c(nn(C)c2=O)-c2cccnc21. The maximum absolute atomic E-state index is 14.3. The highest BCUT2D eigenvalue weighted by Gasteiger charge is 2.33. The smallest absolute Gasteiger partial charge is 0.295 e. The topological polar surface area (TPSA) is 76.3 Å². The number of nitrogens with zero attached hydrogens (tertiary/aromatic N) is 6. The number of hydrogen-bond donors (Lipinski definition) is 0. The molecule has 3 aromatic rings. The number of hydrogen-bond acceptors (Lipinski definition) is 5. The molecule has 0 radical (unpaired) electrons. The van der Waals surface area contributed by atoms with Crippen LogP contribution in [0, 0.1) is 5.82 Å². The fourth-order valence-corrected chi connectivity index (χ4v) is 4.00. The first-order chi connectivity index (χ1) is 15.0. The first-order valence-corrected chi connectivity index (χ1v) is 10.4. The lowest BCUT2D eigenvalue weighted by atomic mass is 10.2. The van der Waals surface area contributed by atoms with Gasteiger partial charge in [0.15, 0.2) is 11.6 Å². The number of benzene rings is 1. The summed E-state index contributed by atoms with van der Waals surface area (Å²) >= 11 is 0. The summed E-state index contributed by atoms with van der Waals surface area (Å²) in [7, 11) is 1.56. The van der Waals surface area contributed by atoms with Crippen molar-refractivity contribution in [2.24, 2.45) is 7.05 Å². The summed E-state index contributed by atoms with van der Waals surface area (Å²) in [4.78, 5) is 34.4. The molecule has 9 heteroatoms. The summed E-state index contributed by atoms with van der Waals surface area (Å²) in [5, 5.41) is 4.37. The number of carbonyl (C=O) groups is 1. The van der Waals surface area contributed by atoms with Crippen LogP contribution in [0.5, 0.6) is 0 Å². The van der Waals surface area contributed by atoms with E-state index in [0.717, 1.165) is 25.9 Å². The summed E-state index contributed by atoms with van der Waals surface area (Å²) in [6.07, 6.45) is 3.40. The molecule has 0 aliphatic carbocycles. The van der Waals surface area contributed by atoms with Crippen LogP contribution in [0.2, 0.25) is 0 Å². The lowest BCUT2D eigenvalue weighted by Crippen LogP contribution is -2.39. The van der Waals surface area contributed by atoms with Gasteiger partial charge in [-0.05, 0) is 50.2 Å². The molecule has 0 unspecified atom stereocenters. The Labute approximate surface area is 179 Å². The maximum atomic E-state index is 14.3. The standard InChI is InChI=1S/C22H25FN6O2/c1-4-11-27(12-5-2)14-19(30)28-18-13-15(23)8-9-17(18)29-21(25-26(3)22(29)31)16-7-6-10-24-20(16)28/h6-10,13H,4-5,11-12,14H2,1-3H3. The van der Waals surface area contributed by atoms with Crippen LogP contribution in [0.1, 0.15) is 26.7 Å². The molecule has 1 aliphatic rings. The molecule has 8 nitrogen and oxygen atoms in total. The van der Waals surface area contributed by atoms with Gasteiger partial charge in [-0.2, -0.15) is 0 Å². The van der Waals surface area contributed by atoms with Crippen molar-refractivity contribution >= 4 is 17.4 Å². The van der Waals surface area contributed by atoms with Crippen LogP contribution in [0.3, 0.4) is 0 Å². The van der Waals surface area contributed by atoms with Crippen molar-refractivity contribution in [2.75, 3.05) is 24.5 Å². The zero-order valence-corrected chi connectivity index (χ0v) is 17.9. The summed E-state index contributed by atoms with van der Waals surface area (Å²) in [6, 6.07) is 7.53. The highest BCUT2D eigenvalue weighted by Crippen LogP contribution is 2.40. The van der Waals surface area contributed by atoms with E-state index in [1.807, 2.05) is 0 Å². The fourth-order valence-electron chi connectivity index (χ4n) is 4.00. The third kappa shape index (κ3) is 3.65. The van der Waals surface area contributed by atoms with Gasteiger partial charge in [-0.1, -0.05) is 13.8 Å². The molecule has 0 atom stereocenters. The zero-order valence-electron chi connectivity index (χ0n) is 17.9. The van der Waals surface area contributed by atoms with Crippen LogP contribution in [-0.2, 0) is 11.8 Å². The number of fused-ring (bicyclic) bond motifs is 5. The number of rotatable bonds is 6. The summed E-state index contributed by atoms with van der Waals surface area (Å²) < 4.78 is 17.0. The molecule has 1 amide bonds. The van der Waals surface area contributed by atoms with Gasteiger partial charge in [0.05, 0.1) is 23.5 Å². The van der Waals surface area contributed by atoms with Crippen molar-refractivity contribution in [2.45, 2.75) is 26.7 Å². The Morgan fingerprint density at radius 2 is 1.87 bits per heavy atom. The average molecular weight is 424 g/mol. The fraction of sp³-hybridized carbons (Fsp3) is 0.364. The summed E-state index contributed by atoms with van der Waals surface area (Å²) in [5.74, 6) is -0.0564. The van der Waals surface area contributed by atoms with Crippen LogP contribution in [0.15, 0.2) is 41.3 Å². The molecule has 2 aromatic heterocycles. The largest absolute Gasteiger partial charge is 0.350 e. The zero-order chi connectivity index (χ0) is 22.1. The number of amides is 1. The van der Waals surface area contributed by atoms with E-state index >= 15 is 0 Å². The van der Waals surface area contributed by atoms with Crippen molar-refractivity contribution in [3.63, 3.8) is 0 Å².